The molecule has 0 saturated heterocycles. The number of benzene rings is 1. The zero-order chi connectivity index (χ0) is 21.2. The summed E-state index contributed by atoms with van der Waals surface area (Å²) >= 11 is 0. The minimum atomic E-state index is -0.744. The monoisotopic (exact) mass is 416 g/mol. The Bertz CT molecular complexity index is 634. The van der Waals surface area contributed by atoms with Gasteiger partial charge in [-0.25, -0.2) is 8.78 Å². The van der Waals surface area contributed by atoms with Crippen LogP contribution in [0.25, 0.3) is 0 Å². The van der Waals surface area contributed by atoms with E-state index in [1.54, 1.807) is 6.07 Å². The number of allylic oxidation sites excluding steroid dienone is 2. The maximum absolute atomic E-state index is 13.4. The molecule has 2 fully saturated rings. The first-order chi connectivity index (χ1) is 14.6. The van der Waals surface area contributed by atoms with Crippen molar-refractivity contribution in [3.8, 4) is 0 Å². The topological polar surface area (TPSA) is 0 Å². The van der Waals surface area contributed by atoms with E-state index in [1.807, 2.05) is 0 Å². The average Bonchev–Trinajstić information content (AvgIpc) is 2.77. The van der Waals surface area contributed by atoms with Crippen LogP contribution < -0.4 is 0 Å². The Morgan fingerprint density at radius 1 is 0.733 bits per heavy atom. The molecular weight excluding hydrogens is 374 g/mol. The summed E-state index contributed by atoms with van der Waals surface area (Å²) in [5.41, 5.74) is 0.928. The summed E-state index contributed by atoms with van der Waals surface area (Å²) in [7, 11) is 0. The minimum Gasteiger partial charge on any atom is -0.204 e. The number of rotatable bonds is 10. The van der Waals surface area contributed by atoms with Gasteiger partial charge in [-0.1, -0.05) is 57.2 Å². The molecule has 1 aromatic carbocycles. The van der Waals surface area contributed by atoms with Crippen molar-refractivity contribution in [2.45, 2.75) is 103 Å². The van der Waals surface area contributed by atoms with Crippen LogP contribution in [-0.4, -0.2) is 0 Å². The summed E-state index contributed by atoms with van der Waals surface area (Å²) in [5, 5.41) is 0. The van der Waals surface area contributed by atoms with Gasteiger partial charge in [0.1, 0.15) is 0 Å². The second kappa shape index (κ2) is 12.6. The molecular formula is C28H42F2. The molecule has 2 saturated carbocycles. The van der Waals surface area contributed by atoms with Gasteiger partial charge in [0.15, 0.2) is 11.6 Å². The Morgan fingerprint density at radius 2 is 1.33 bits per heavy atom. The number of halogens is 2. The third-order valence-corrected chi connectivity index (χ3v) is 7.73. The Kier molecular flexibility index (Phi) is 9.88. The molecule has 168 valence electrons. The van der Waals surface area contributed by atoms with E-state index in [0.29, 0.717) is 0 Å². The minimum absolute atomic E-state index is 0.716. The highest BCUT2D eigenvalue weighted by molar-refractivity contribution is 5.17. The number of hydrogen-bond donors (Lipinski definition) is 0. The third kappa shape index (κ3) is 7.82. The van der Waals surface area contributed by atoms with Crippen molar-refractivity contribution in [2.24, 2.45) is 23.7 Å². The van der Waals surface area contributed by atoms with Crippen molar-refractivity contribution in [2.75, 3.05) is 0 Å². The van der Waals surface area contributed by atoms with E-state index in [9.17, 15) is 8.78 Å². The summed E-state index contributed by atoms with van der Waals surface area (Å²) in [6.07, 6.45) is 25.0. The summed E-state index contributed by atoms with van der Waals surface area (Å²) in [6, 6.07) is 4.35. The fourth-order valence-corrected chi connectivity index (χ4v) is 5.58. The van der Waals surface area contributed by atoms with Crippen LogP contribution in [0.3, 0.4) is 0 Å². The van der Waals surface area contributed by atoms with Crippen LogP contribution in [0.2, 0.25) is 0 Å². The van der Waals surface area contributed by atoms with Crippen LogP contribution in [0.1, 0.15) is 102 Å². The molecule has 0 aromatic heterocycles. The normalized spacial score (nSPS) is 27.6. The van der Waals surface area contributed by atoms with Crippen LogP contribution in [0.4, 0.5) is 8.78 Å². The predicted molar refractivity (Wildman–Crippen MR) is 123 cm³/mol. The number of aryl methyl sites for hydroxylation is 1. The molecule has 0 bridgehead atoms. The quantitative estimate of drug-likeness (QED) is 0.263. The average molecular weight is 417 g/mol. The second-order valence-corrected chi connectivity index (χ2v) is 10.1. The molecule has 0 N–H and O–H groups in total. The molecule has 0 unspecified atom stereocenters. The summed E-state index contributed by atoms with van der Waals surface area (Å²) in [4.78, 5) is 0. The van der Waals surface area contributed by atoms with Crippen LogP contribution in [0, 0.1) is 35.3 Å². The lowest BCUT2D eigenvalue weighted by Gasteiger charge is -2.29. The van der Waals surface area contributed by atoms with Gasteiger partial charge in [-0.05, 0) is 106 Å². The summed E-state index contributed by atoms with van der Waals surface area (Å²) in [6.45, 7) is 2.29. The molecule has 0 heterocycles. The van der Waals surface area contributed by atoms with Crippen LogP contribution in [-0.2, 0) is 6.42 Å². The molecule has 0 aliphatic heterocycles. The van der Waals surface area contributed by atoms with Crippen molar-refractivity contribution in [3.05, 3.63) is 47.5 Å². The lowest BCUT2D eigenvalue weighted by molar-refractivity contribution is 0.282. The van der Waals surface area contributed by atoms with E-state index < -0.39 is 11.6 Å². The number of unbranched alkanes of at least 4 members (excludes halogenated alkanes) is 3. The maximum atomic E-state index is 13.4. The zero-order valence-electron chi connectivity index (χ0n) is 19.1. The fraction of sp³-hybridized carbons (Fsp3) is 0.714. The molecule has 0 nitrogen and oxygen atoms in total. The fourth-order valence-electron chi connectivity index (χ4n) is 5.58. The van der Waals surface area contributed by atoms with E-state index in [4.69, 9.17) is 0 Å². The van der Waals surface area contributed by atoms with Crippen molar-refractivity contribution in [1.82, 2.24) is 0 Å². The van der Waals surface area contributed by atoms with Crippen molar-refractivity contribution < 1.29 is 8.78 Å². The SMILES string of the molecule is CCCCCC[C@H]1CC[C@H](/C=C/[C@H]2CC[C@H](CCc3ccc(F)c(F)c3)CC2)CC1. The zero-order valence-corrected chi connectivity index (χ0v) is 19.1. The van der Waals surface area contributed by atoms with Gasteiger partial charge in [0.25, 0.3) is 0 Å². The molecule has 0 radical (unpaired) electrons. The molecule has 0 atom stereocenters. The smallest absolute Gasteiger partial charge is 0.159 e. The molecule has 0 amide bonds. The highest BCUT2D eigenvalue weighted by atomic mass is 19.2. The largest absolute Gasteiger partial charge is 0.204 e. The van der Waals surface area contributed by atoms with E-state index in [1.165, 1.54) is 95.6 Å². The van der Waals surface area contributed by atoms with Crippen LogP contribution in [0.15, 0.2) is 30.4 Å². The van der Waals surface area contributed by atoms with Crippen molar-refractivity contribution >= 4 is 0 Å². The van der Waals surface area contributed by atoms with E-state index in [-0.39, 0.29) is 0 Å². The van der Waals surface area contributed by atoms with Gasteiger partial charge in [0.2, 0.25) is 0 Å². The summed E-state index contributed by atoms with van der Waals surface area (Å²) < 4.78 is 26.4. The molecule has 3 rings (SSSR count). The molecule has 2 aliphatic carbocycles. The first kappa shape index (κ1) is 23.5. The van der Waals surface area contributed by atoms with Crippen molar-refractivity contribution in [3.63, 3.8) is 0 Å². The lowest BCUT2D eigenvalue weighted by Crippen LogP contribution is -2.15. The van der Waals surface area contributed by atoms with Gasteiger partial charge < -0.3 is 0 Å². The first-order valence-electron chi connectivity index (χ1n) is 12.8. The molecule has 0 spiro atoms. The standard InChI is InChI=1S/C28H42F2/c1-2-3-4-5-6-22-7-9-23(10-8-22)11-12-24-13-15-25(16-14-24)17-18-26-19-20-27(29)28(30)21-26/h11-12,19-25H,2-10,13-18H2,1H3/b12-11+/t22-,23-,24-,25-. The Morgan fingerprint density at radius 3 is 1.90 bits per heavy atom. The Hall–Kier alpha value is -1.18. The third-order valence-electron chi connectivity index (χ3n) is 7.73. The molecule has 30 heavy (non-hydrogen) atoms. The maximum Gasteiger partial charge on any atom is 0.159 e. The molecule has 2 heteroatoms. The highest BCUT2D eigenvalue weighted by Gasteiger charge is 2.22. The van der Waals surface area contributed by atoms with E-state index in [0.717, 1.165) is 42.1 Å². The van der Waals surface area contributed by atoms with Crippen LogP contribution in [0.5, 0.6) is 0 Å². The molecule has 1 aromatic rings. The van der Waals surface area contributed by atoms with Gasteiger partial charge in [0.05, 0.1) is 0 Å². The summed E-state index contributed by atoms with van der Waals surface area (Å²) in [5.74, 6) is 1.86. The van der Waals surface area contributed by atoms with Gasteiger partial charge in [-0.3, -0.25) is 0 Å². The predicted octanol–water partition coefficient (Wildman–Crippen LogP) is 9.04. The first-order valence-corrected chi connectivity index (χ1v) is 12.8. The van der Waals surface area contributed by atoms with E-state index in [2.05, 4.69) is 19.1 Å². The van der Waals surface area contributed by atoms with E-state index >= 15 is 0 Å². The molecule has 2 aliphatic rings. The number of hydrogen-bond acceptors (Lipinski definition) is 0. The Balaban J connectivity index is 1.29. The van der Waals surface area contributed by atoms with Gasteiger partial charge in [-0.2, -0.15) is 0 Å². The van der Waals surface area contributed by atoms with Gasteiger partial charge in [-0.15, -0.1) is 0 Å². The highest BCUT2D eigenvalue weighted by Crippen LogP contribution is 2.35. The second-order valence-electron chi connectivity index (χ2n) is 10.1. The Labute approximate surface area is 183 Å². The van der Waals surface area contributed by atoms with Gasteiger partial charge in [0, 0.05) is 0 Å². The van der Waals surface area contributed by atoms with Crippen LogP contribution >= 0.6 is 0 Å². The van der Waals surface area contributed by atoms with Crippen molar-refractivity contribution in [1.29, 1.82) is 0 Å². The lowest BCUT2D eigenvalue weighted by atomic mass is 9.77. The van der Waals surface area contributed by atoms with Gasteiger partial charge >= 0.3 is 0 Å².